The van der Waals surface area contributed by atoms with Crippen LogP contribution < -0.4 is 0 Å². The van der Waals surface area contributed by atoms with Crippen molar-refractivity contribution in [3.05, 3.63) is 35.9 Å². The first-order valence-corrected chi connectivity index (χ1v) is 5.00. The first-order chi connectivity index (χ1) is 8.13. The molecule has 0 aliphatic rings. The van der Waals surface area contributed by atoms with Gasteiger partial charge in [-0.3, -0.25) is 0 Å². The first kappa shape index (κ1) is 14.0. The molecule has 0 atom stereocenters. The van der Waals surface area contributed by atoms with Crippen LogP contribution in [0.4, 0.5) is 0 Å². The molecule has 18 heavy (non-hydrogen) atoms. The first-order valence-electron chi connectivity index (χ1n) is 5.00. The van der Waals surface area contributed by atoms with Gasteiger partial charge in [0.2, 0.25) is 0 Å². The molecule has 96 valence electrons. The van der Waals surface area contributed by atoms with E-state index in [1.54, 1.807) is 6.92 Å². The molecule has 2 aromatic heterocycles. The number of carbonyl (C=O) groups excluding carboxylic acids is 1. The van der Waals surface area contributed by atoms with Crippen LogP contribution in [-0.4, -0.2) is 33.0 Å². The van der Waals surface area contributed by atoms with Crippen LogP contribution in [0.1, 0.15) is 27.8 Å². The van der Waals surface area contributed by atoms with Crippen molar-refractivity contribution >= 4 is 29.9 Å². The molecule has 0 saturated heterocycles. The molecule has 0 aliphatic carbocycles. The van der Waals surface area contributed by atoms with Gasteiger partial charge in [0.25, 0.3) is 0 Å². The highest BCUT2D eigenvalue weighted by Gasteiger charge is 2.15. The fourth-order valence-corrected chi connectivity index (χ4v) is 1.48. The fourth-order valence-electron chi connectivity index (χ4n) is 1.48. The van der Waals surface area contributed by atoms with Crippen LogP contribution in [0, 0.1) is 0 Å². The molecular formula is C11H11ClN2O4. The number of carbonyl (C=O) groups is 2. The van der Waals surface area contributed by atoms with Crippen molar-refractivity contribution in [2.45, 2.75) is 6.92 Å². The van der Waals surface area contributed by atoms with E-state index in [0.717, 1.165) is 0 Å². The predicted octanol–water partition coefficient (Wildman–Crippen LogP) is 1.63. The molecule has 0 aromatic carbocycles. The van der Waals surface area contributed by atoms with Gasteiger partial charge in [0.15, 0.2) is 5.69 Å². The fraction of sp³-hybridized carbons (Fsp3) is 0.182. The smallest absolute Gasteiger partial charge is 0.359 e. The lowest BCUT2D eigenvalue weighted by molar-refractivity contribution is 0.0522. The summed E-state index contributed by atoms with van der Waals surface area (Å²) in [5.41, 5.74) is 0.836. The van der Waals surface area contributed by atoms with E-state index in [4.69, 9.17) is 9.84 Å². The zero-order valence-corrected chi connectivity index (χ0v) is 10.3. The van der Waals surface area contributed by atoms with Gasteiger partial charge in [0.1, 0.15) is 6.33 Å². The average Bonchev–Trinajstić information content (AvgIpc) is 2.71. The summed E-state index contributed by atoms with van der Waals surface area (Å²) in [7, 11) is 0. The van der Waals surface area contributed by atoms with Gasteiger partial charge in [0.05, 0.1) is 17.7 Å². The lowest BCUT2D eigenvalue weighted by Crippen LogP contribution is -2.06. The molecule has 1 N–H and O–H groups in total. The Bertz CT molecular complexity index is 594. The number of nitrogens with zero attached hydrogens (tertiary/aromatic N) is 2. The van der Waals surface area contributed by atoms with E-state index in [-0.39, 0.29) is 30.3 Å². The van der Waals surface area contributed by atoms with Crippen LogP contribution in [0.5, 0.6) is 0 Å². The van der Waals surface area contributed by atoms with E-state index in [1.807, 2.05) is 0 Å². The van der Waals surface area contributed by atoms with Crippen LogP contribution >= 0.6 is 12.4 Å². The Balaban J connectivity index is 0.00000162. The highest BCUT2D eigenvalue weighted by atomic mass is 35.5. The SMILES string of the molecule is CCOC(=O)c1ncn2cc(C(=O)O)ccc12.Cl. The summed E-state index contributed by atoms with van der Waals surface area (Å²) in [6, 6.07) is 2.95. The largest absolute Gasteiger partial charge is 0.478 e. The van der Waals surface area contributed by atoms with Gasteiger partial charge < -0.3 is 14.2 Å². The molecular weight excluding hydrogens is 260 g/mol. The lowest BCUT2D eigenvalue weighted by Gasteiger charge is -2.00. The van der Waals surface area contributed by atoms with Gasteiger partial charge in [-0.1, -0.05) is 0 Å². The monoisotopic (exact) mass is 270 g/mol. The van der Waals surface area contributed by atoms with E-state index < -0.39 is 11.9 Å². The molecule has 0 radical (unpaired) electrons. The van der Waals surface area contributed by atoms with Crippen molar-refractivity contribution in [3.63, 3.8) is 0 Å². The molecule has 2 aromatic rings. The number of rotatable bonds is 3. The molecule has 0 spiro atoms. The van der Waals surface area contributed by atoms with Gasteiger partial charge in [-0.25, -0.2) is 14.6 Å². The Morgan fingerprint density at radius 2 is 2.17 bits per heavy atom. The number of aromatic nitrogens is 2. The van der Waals surface area contributed by atoms with Gasteiger partial charge in [-0.05, 0) is 19.1 Å². The number of carboxylic acids is 1. The van der Waals surface area contributed by atoms with Crippen LogP contribution in [0.3, 0.4) is 0 Å². The zero-order valence-electron chi connectivity index (χ0n) is 9.49. The Morgan fingerprint density at radius 1 is 1.44 bits per heavy atom. The second kappa shape index (κ2) is 5.50. The van der Waals surface area contributed by atoms with E-state index in [0.29, 0.717) is 5.52 Å². The second-order valence-electron chi connectivity index (χ2n) is 3.33. The van der Waals surface area contributed by atoms with Crippen molar-refractivity contribution < 1.29 is 19.4 Å². The van der Waals surface area contributed by atoms with Gasteiger partial charge in [-0.15, -0.1) is 12.4 Å². The minimum atomic E-state index is -1.03. The minimum Gasteiger partial charge on any atom is -0.478 e. The van der Waals surface area contributed by atoms with Crippen molar-refractivity contribution in [1.29, 1.82) is 0 Å². The lowest BCUT2D eigenvalue weighted by atomic mass is 10.2. The number of imidazole rings is 1. The Hall–Kier alpha value is -2.08. The maximum Gasteiger partial charge on any atom is 0.359 e. The zero-order chi connectivity index (χ0) is 12.4. The van der Waals surface area contributed by atoms with Crippen molar-refractivity contribution in [2.75, 3.05) is 6.61 Å². The number of carboxylic acid groups (broad SMARTS) is 1. The standard InChI is InChI=1S/C11H10N2O4.ClH/c1-2-17-11(16)9-8-4-3-7(10(14)15)5-13(8)6-12-9;/h3-6H,2H2,1H3,(H,14,15);1H. The number of ether oxygens (including phenoxy) is 1. The Labute approximate surface area is 109 Å². The molecule has 2 heterocycles. The normalized spacial score (nSPS) is 9.83. The molecule has 0 saturated carbocycles. The summed E-state index contributed by atoms with van der Waals surface area (Å²) in [6.45, 7) is 1.98. The van der Waals surface area contributed by atoms with Crippen molar-refractivity contribution in [1.82, 2.24) is 9.38 Å². The third-order valence-electron chi connectivity index (χ3n) is 2.25. The number of pyridine rings is 1. The molecule has 0 aliphatic heterocycles. The van der Waals surface area contributed by atoms with Gasteiger partial charge in [0, 0.05) is 6.20 Å². The molecule has 0 bridgehead atoms. The molecule has 0 unspecified atom stereocenters. The topological polar surface area (TPSA) is 80.9 Å². The minimum absolute atomic E-state index is 0. The predicted molar refractivity (Wildman–Crippen MR) is 65.4 cm³/mol. The number of hydrogen-bond donors (Lipinski definition) is 1. The van der Waals surface area contributed by atoms with Crippen LogP contribution in [0.25, 0.3) is 5.52 Å². The summed E-state index contributed by atoms with van der Waals surface area (Å²) in [4.78, 5) is 26.2. The van der Waals surface area contributed by atoms with Crippen LogP contribution in [0.15, 0.2) is 24.7 Å². The molecule has 0 amide bonds. The number of halogens is 1. The highest BCUT2D eigenvalue weighted by molar-refractivity contribution is 5.95. The number of esters is 1. The van der Waals surface area contributed by atoms with Crippen molar-refractivity contribution in [3.8, 4) is 0 Å². The summed E-state index contributed by atoms with van der Waals surface area (Å²) >= 11 is 0. The van der Waals surface area contributed by atoms with Gasteiger partial charge >= 0.3 is 11.9 Å². The quantitative estimate of drug-likeness (QED) is 0.858. The Kier molecular flexibility index (Phi) is 4.28. The summed E-state index contributed by atoms with van der Waals surface area (Å²) in [5.74, 6) is -1.55. The number of hydrogen-bond acceptors (Lipinski definition) is 4. The summed E-state index contributed by atoms with van der Waals surface area (Å²) < 4.78 is 6.32. The molecule has 7 heteroatoms. The summed E-state index contributed by atoms with van der Waals surface area (Å²) in [5, 5.41) is 8.82. The third-order valence-corrected chi connectivity index (χ3v) is 2.25. The maximum absolute atomic E-state index is 11.5. The molecule has 2 rings (SSSR count). The molecule has 0 fully saturated rings. The van der Waals surface area contributed by atoms with Crippen LogP contribution in [0.2, 0.25) is 0 Å². The van der Waals surface area contributed by atoms with Crippen LogP contribution in [-0.2, 0) is 4.74 Å². The second-order valence-corrected chi connectivity index (χ2v) is 3.33. The van der Waals surface area contributed by atoms with E-state index in [1.165, 1.54) is 29.1 Å². The molecule has 6 nitrogen and oxygen atoms in total. The number of fused-ring (bicyclic) bond motifs is 1. The third kappa shape index (κ3) is 2.43. The Morgan fingerprint density at radius 3 is 2.78 bits per heavy atom. The van der Waals surface area contributed by atoms with Crippen molar-refractivity contribution in [2.24, 2.45) is 0 Å². The maximum atomic E-state index is 11.5. The highest BCUT2D eigenvalue weighted by Crippen LogP contribution is 2.12. The average molecular weight is 271 g/mol. The van der Waals surface area contributed by atoms with Gasteiger partial charge in [-0.2, -0.15) is 0 Å². The van der Waals surface area contributed by atoms with E-state index in [9.17, 15) is 9.59 Å². The summed E-state index contributed by atoms with van der Waals surface area (Å²) in [6.07, 6.45) is 2.78. The van der Waals surface area contributed by atoms with E-state index in [2.05, 4.69) is 4.98 Å². The van der Waals surface area contributed by atoms with E-state index >= 15 is 0 Å². The number of aromatic carboxylic acids is 1.